The molecule has 5 nitrogen and oxygen atoms in total. The first-order valence-corrected chi connectivity index (χ1v) is 6.86. The Morgan fingerprint density at radius 1 is 1.18 bits per heavy atom. The highest BCUT2D eigenvalue weighted by atomic mass is 19.1. The summed E-state index contributed by atoms with van der Waals surface area (Å²) in [5.74, 6) is -6.67. The van der Waals surface area contributed by atoms with E-state index in [0.29, 0.717) is 5.56 Å². The van der Waals surface area contributed by atoms with Crippen LogP contribution in [0, 0.1) is 23.6 Å². The van der Waals surface area contributed by atoms with Gasteiger partial charge in [0.1, 0.15) is 17.4 Å². The van der Waals surface area contributed by atoms with Crippen molar-refractivity contribution < 1.29 is 33.3 Å². The fourth-order valence-electron chi connectivity index (χ4n) is 3.52. The van der Waals surface area contributed by atoms with E-state index >= 15 is 0 Å². The number of carboxylic acid groups (broad SMARTS) is 2. The van der Waals surface area contributed by atoms with Crippen molar-refractivity contribution >= 4 is 11.9 Å². The smallest absolute Gasteiger partial charge is 0.312 e. The maximum absolute atomic E-state index is 14.7. The third kappa shape index (κ3) is 2.16. The van der Waals surface area contributed by atoms with Crippen molar-refractivity contribution in [3.8, 4) is 0 Å². The van der Waals surface area contributed by atoms with Gasteiger partial charge in [-0.05, 0) is 24.1 Å². The van der Waals surface area contributed by atoms with Gasteiger partial charge in [0, 0.05) is 5.92 Å². The Balaban J connectivity index is 1.69. The molecule has 2 fully saturated rings. The summed E-state index contributed by atoms with van der Waals surface area (Å²) in [4.78, 5) is 22.3. The number of carbonyl (C=O) groups is 2. The Hall–Kier alpha value is -2.02. The van der Waals surface area contributed by atoms with E-state index in [9.17, 15) is 23.5 Å². The van der Waals surface area contributed by atoms with Gasteiger partial charge in [-0.2, -0.15) is 0 Å². The normalized spacial score (nSPS) is 35.9. The summed E-state index contributed by atoms with van der Waals surface area (Å²) in [7, 11) is 0. The average molecular weight is 312 g/mol. The third-order valence-electron chi connectivity index (χ3n) is 4.58. The zero-order valence-electron chi connectivity index (χ0n) is 11.4. The molecule has 0 spiro atoms. The van der Waals surface area contributed by atoms with Gasteiger partial charge in [-0.1, -0.05) is 12.1 Å². The van der Waals surface area contributed by atoms with Gasteiger partial charge in [-0.15, -0.1) is 0 Å². The molecule has 22 heavy (non-hydrogen) atoms. The molecule has 7 heteroatoms. The van der Waals surface area contributed by atoms with Crippen molar-refractivity contribution in [3.63, 3.8) is 0 Å². The van der Waals surface area contributed by atoms with Crippen LogP contribution in [0.15, 0.2) is 24.3 Å². The minimum Gasteiger partial charge on any atom is -0.481 e. The largest absolute Gasteiger partial charge is 0.481 e. The molecule has 1 aromatic rings. The number of fused-ring (bicyclic) bond motifs is 1. The van der Waals surface area contributed by atoms with Crippen molar-refractivity contribution in [1.29, 1.82) is 0 Å². The molecule has 0 heterocycles. The van der Waals surface area contributed by atoms with Crippen molar-refractivity contribution in [2.24, 2.45) is 17.8 Å². The lowest BCUT2D eigenvalue weighted by Gasteiger charge is -2.22. The van der Waals surface area contributed by atoms with E-state index in [2.05, 4.69) is 0 Å². The van der Waals surface area contributed by atoms with E-state index in [1.807, 2.05) is 0 Å². The molecule has 0 aliphatic heterocycles. The molecule has 0 radical (unpaired) electrons. The van der Waals surface area contributed by atoms with Crippen molar-refractivity contribution in [2.75, 3.05) is 0 Å². The number of aliphatic carboxylic acids is 2. The lowest BCUT2D eigenvalue weighted by molar-refractivity contribution is -0.153. The van der Waals surface area contributed by atoms with E-state index in [-0.39, 0.29) is 13.0 Å². The molecule has 0 amide bonds. The van der Waals surface area contributed by atoms with Crippen molar-refractivity contribution in [1.82, 2.24) is 0 Å². The number of benzene rings is 1. The van der Waals surface area contributed by atoms with Crippen molar-refractivity contribution in [3.05, 3.63) is 35.6 Å². The lowest BCUT2D eigenvalue weighted by Crippen LogP contribution is -2.37. The summed E-state index contributed by atoms with van der Waals surface area (Å²) in [6.07, 6.45) is -0.820. The molecule has 2 aliphatic carbocycles. The second-order valence-electron chi connectivity index (χ2n) is 5.78. The van der Waals surface area contributed by atoms with Crippen LogP contribution in [0.4, 0.5) is 8.78 Å². The molecule has 2 aliphatic rings. The van der Waals surface area contributed by atoms with Crippen LogP contribution in [0.1, 0.15) is 12.0 Å². The summed E-state index contributed by atoms with van der Waals surface area (Å²) in [5, 5.41) is 18.2. The SMILES string of the molecule is O=C(O)C1C(OCc2ccc(F)cc2)CC2C(C(=O)O)C21F. The maximum atomic E-state index is 14.7. The first kappa shape index (κ1) is 14.9. The van der Waals surface area contributed by atoms with Gasteiger partial charge in [-0.3, -0.25) is 9.59 Å². The Bertz CT molecular complexity index is 617. The zero-order chi connectivity index (χ0) is 16.1. The van der Waals surface area contributed by atoms with Crippen LogP contribution in [-0.2, 0) is 20.9 Å². The van der Waals surface area contributed by atoms with Gasteiger partial charge in [0.15, 0.2) is 0 Å². The Morgan fingerprint density at radius 3 is 2.32 bits per heavy atom. The predicted molar refractivity (Wildman–Crippen MR) is 69.2 cm³/mol. The number of ether oxygens (including phenoxy) is 1. The van der Waals surface area contributed by atoms with Gasteiger partial charge in [0.05, 0.1) is 18.6 Å². The first-order chi connectivity index (χ1) is 10.4. The molecular formula is C15H14F2O5. The molecule has 118 valence electrons. The summed E-state index contributed by atoms with van der Waals surface area (Å²) in [5.41, 5.74) is -1.60. The standard InChI is InChI=1S/C15H14F2O5/c16-8-3-1-7(2-4-8)6-22-10-5-9-11(13(18)19)15(9,17)12(10)14(20)21/h1-4,9-12H,5-6H2,(H,18,19)(H,20,21). The fraction of sp³-hybridized carbons (Fsp3) is 0.467. The van der Waals surface area contributed by atoms with E-state index < -0.39 is 47.3 Å². The second kappa shape index (κ2) is 5.01. The maximum Gasteiger partial charge on any atom is 0.312 e. The molecule has 5 unspecified atom stereocenters. The number of hydrogen-bond acceptors (Lipinski definition) is 3. The molecule has 0 bridgehead atoms. The van der Waals surface area contributed by atoms with Gasteiger partial charge in [0.25, 0.3) is 0 Å². The molecule has 0 aromatic heterocycles. The molecular weight excluding hydrogens is 298 g/mol. The first-order valence-electron chi connectivity index (χ1n) is 6.86. The van der Waals surface area contributed by atoms with Gasteiger partial charge in [0.2, 0.25) is 0 Å². The predicted octanol–water partition coefficient (Wildman–Crippen LogP) is 1.85. The van der Waals surface area contributed by atoms with Gasteiger partial charge >= 0.3 is 11.9 Å². The average Bonchev–Trinajstić information content (AvgIpc) is 2.91. The van der Waals surface area contributed by atoms with Crippen LogP contribution in [0.3, 0.4) is 0 Å². The highest BCUT2D eigenvalue weighted by molar-refractivity contribution is 5.83. The molecule has 1 aromatic carbocycles. The highest BCUT2D eigenvalue weighted by Crippen LogP contribution is 2.67. The number of alkyl halides is 1. The van der Waals surface area contributed by atoms with E-state index in [1.165, 1.54) is 24.3 Å². The van der Waals surface area contributed by atoms with E-state index in [1.54, 1.807) is 0 Å². The summed E-state index contributed by atoms with van der Waals surface area (Å²) < 4.78 is 32.9. The van der Waals surface area contributed by atoms with Crippen LogP contribution in [0.5, 0.6) is 0 Å². The van der Waals surface area contributed by atoms with Crippen LogP contribution < -0.4 is 0 Å². The molecule has 2 N–H and O–H groups in total. The topological polar surface area (TPSA) is 83.8 Å². The van der Waals surface area contributed by atoms with E-state index in [0.717, 1.165) is 0 Å². The number of hydrogen-bond donors (Lipinski definition) is 2. The summed E-state index contributed by atoms with van der Waals surface area (Å²) in [6.45, 7) is 0.0231. The number of halogens is 2. The van der Waals surface area contributed by atoms with Gasteiger partial charge in [-0.25, -0.2) is 8.78 Å². The van der Waals surface area contributed by atoms with Crippen LogP contribution in [0.25, 0.3) is 0 Å². The minimum absolute atomic E-state index is 0.0231. The van der Waals surface area contributed by atoms with Crippen LogP contribution in [0.2, 0.25) is 0 Å². The van der Waals surface area contributed by atoms with Crippen molar-refractivity contribution in [2.45, 2.75) is 24.8 Å². The Labute approximate surface area is 124 Å². The van der Waals surface area contributed by atoms with E-state index in [4.69, 9.17) is 9.84 Å². The minimum atomic E-state index is -2.23. The number of carboxylic acids is 2. The molecule has 2 saturated carbocycles. The number of rotatable bonds is 5. The lowest BCUT2D eigenvalue weighted by atomic mass is 9.95. The third-order valence-corrected chi connectivity index (χ3v) is 4.58. The second-order valence-corrected chi connectivity index (χ2v) is 5.78. The monoisotopic (exact) mass is 312 g/mol. The zero-order valence-corrected chi connectivity index (χ0v) is 11.4. The Kier molecular flexibility index (Phi) is 3.40. The quantitative estimate of drug-likeness (QED) is 0.867. The highest BCUT2D eigenvalue weighted by Gasteiger charge is 2.81. The molecule has 0 saturated heterocycles. The van der Waals surface area contributed by atoms with Gasteiger partial charge < -0.3 is 14.9 Å². The Morgan fingerprint density at radius 2 is 1.77 bits per heavy atom. The fourth-order valence-corrected chi connectivity index (χ4v) is 3.52. The molecule has 5 atom stereocenters. The summed E-state index contributed by atoms with van der Waals surface area (Å²) >= 11 is 0. The van der Waals surface area contributed by atoms with Crippen LogP contribution >= 0.6 is 0 Å². The summed E-state index contributed by atoms with van der Waals surface area (Å²) in [6, 6.07) is 5.48. The molecule has 3 rings (SSSR count). The van der Waals surface area contributed by atoms with Crippen LogP contribution in [-0.4, -0.2) is 33.9 Å².